The number of nitrogens with zero attached hydrogens (tertiary/aromatic N) is 2. The third-order valence-corrected chi connectivity index (χ3v) is 7.28. The topological polar surface area (TPSA) is 57.7 Å². The summed E-state index contributed by atoms with van der Waals surface area (Å²) in [5, 5.41) is 0. The fourth-order valence-electron chi connectivity index (χ4n) is 3.93. The highest BCUT2D eigenvalue weighted by atomic mass is 32.2. The highest BCUT2D eigenvalue weighted by Gasteiger charge is 2.27. The van der Waals surface area contributed by atoms with Crippen LogP contribution in [0.4, 0.5) is 0 Å². The fourth-order valence-corrected chi connectivity index (χ4v) is 5.49. The van der Waals surface area contributed by atoms with Gasteiger partial charge >= 0.3 is 0 Å². The molecule has 3 rings (SSSR count). The molecule has 1 aromatic rings. The number of amides is 1. The Labute approximate surface area is 151 Å². The van der Waals surface area contributed by atoms with E-state index in [1.807, 2.05) is 7.05 Å². The van der Waals surface area contributed by atoms with Gasteiger partial charge in [-0.15, -0.1) is 0 Å². The summed E-state index contributed by atoms with van der Waals surface area (Å²) in [6.45, 7) is 1.89. The first-order valence-corrected chi connectivity index (χ1v) is 10.8. The maximum atomic E-state index is 12.8. The molecule has 0 atom stereocenters. The highest BCUT2D eigenvalue weighted by molar-refractivity contribution is 7.89. The van der Waals surface area contributed by atoms with Gasteiger partial charge in [0.05, 0.1) is 4.90 Å². The van der Waals surface area contributed by atoms with Crippen LogP contribution in [0.3, 0.4) is 0 Å². The Morgan fingerprint density at radius 1 is 1.12 bits per heavy atom. The second-order valence-corrected chi connectivity index (χ2v) is 9.27. The van der Waals surface area contributed by atoms with Crippen molar-refractivity contribution < 1.29 is 13.2 Å². The van der Waals surface area contributed by atoms with Gasteiger partial charge in [0.25, 0.3) is 5.91 Å². The molecule has 1 saturated heterocycles. The average Bonchev–Trinajstić information content (AvgIpc) is 3.15. The Kier molecular flexibility index (Phi) is 5.79. The minimum Gasteiger partial charge on any atom is -0.341 e. The SMILES string of the molecule is CN(CC1CCCC1)C(=O)c1cccc(S(=O)(=O)N2CCCCC2)c1. The molecule has 0 radical (unpaired) electrons. The summed E-state index contributed by atoms with van der Waals surface area (Å²) >= 11 is 0. The van der Waals surface area contributed by atoms with Crippen LogP contribution in [0.1, 0.15) is 55.3 Å². The molecule has 0 unspecified atom stereocenters. The molecule has 138 valence electrons. The van der Waals surface area contributed by atoms with E-state index < -0.39 is 10.0 Å². The Bertz CT molecular complexity index is 705. The van der Waals surface area contributed by atoms with Crippen LogP contribution < -0.4 is 0 Å². The van der Waals surface area contributed by atoms with Gasteiger partial charge in [0, 0.05) is 32.2 Å². The average molecular weight is 365 g/mol. The van der Waals surface area contributed by atoms with E-state index in [0.29, 0.717) is 24.6 Å². The third-order valence-electron chi connectivity index (χ3n) is 5.39. The molecular weight excluding hydrogens is 336 g/mol. The lowest BCUT2D eigenvalue weighted by Crippen LogP contribution is -2.36. The summed E-state index contributed by atoms with van der Waals surface area (Å²) in [6, 6.07) is 6.52. The largest absolute Gasteiger partial charge is 0.341 e. The van der Waals surface area contributed by atoms with E-state index in [1.54, 1.807) is 27.4 Å². The van der Waals surface area contributed by atoms with E-state index in [1.165, 1.54) is 31.7 Å². The van der Waals surface area contributed by atoms with Crippen LogP contribution in [0.15, 0.2) is 29.2 Å². The zero-order valence-corrected chi connectivity index (χ0v) is 15.8. The zero-order valence-electron chi connectivity index (χ0n) is 15.0. The molecule has 2 aliphatic rings. The van der Waals surface area contributed by atoms with Crippen molar-refractivity contribution >= 4 is 15.9 Å². The number of carbonyl (C=O) groups is 1. The molecule has 0 bridgehead atoms. The van der Waals surface area contributed by atoms with Gasteiger partial charge < -0.3 is 4.90 Å². The molecule has 1 amide bonds. The molecule has 1 aliphatic carbocycles. The van der Waals surface area contributed by atoms with E-state index in [9.17, 15) is 13.2 Å². The summed E-state index contributed by atoms with van der Waals surface area (Å²) in [6.07, 6.45) is 7.75. The summed E-state index contributed by atoms with van der Waals surface area (Å²) < 4.78 is 27.2. The first kappa shape index (κ1) is 18.4. The molecule has 1 aliphatic heterocycles. The van der Waals surface area contributed by atoms with Gasteiger partial charge in [0.1, 0.15) is 0 Å². The van der Waals surface area contributed by atoms with Crippen LogP contribution in [0, 0.1) is 5.92 Å². The number of hydrogen-bond donors (Lipinski definition) is 0. The van der Waals surface area contributed by atoms with Crippen LogP contribution in [0.5, 0.6) is 0 Å². The van der Waals surface area contributed by atoms with Gasteiger partial charge in [-0.05, 0) is 49.8 Å². The molecule has 0 spiro atoms. The maximum absolute atomic E-state index is 12.8. The van der Waals surface area contributed by atoms with Gasteiger partial charge in [-0.1, -0.05) is 25.3 Å². The van der Waals surface area contributed by atoms with E-state index in [-0.39, 0.29) is 10.8 Å². The second kappa shape index (κ2) is 7.87. The summed E-state index contributed by atoms with van der Waals surface area (Å²) in [5.74, 6) is 0.483. The number of hydrogen-bond acceptors (Lipinski definition) is 3. The monoisotopic (exact) mass is 364 g/mol. The predicted molar refractivity (Wildman–Crippen MR) is 98.0 cm³/mol. The van der Waals surface area contributed by atoms with E-state index in [0.717, 1.165) is 25.8 Å². The van der Waals surface area contributed by atoms with E-state index in [2.05, 4.69) is 0 Å². The van der Waals surface area contributed by atoms with Crippen molar-refractivity contribution in [2.24, 2.45) is 5.92 Å². The molecule has 5 nitrogen and oxygen atoms in total. The lowest BCUT2D eigenvalue weighted by molar-refractivity contribution is 0.0773. The number of piperidine rings is 1. The van der Waals surface area contributed by atoms with Crippen molar-refractivity contribution in [2.75, 3.05) is 26.7 Å². The van der Waals surface area contributed by atoms with Crippen molar-refractivity contribution in [3.05, 3.63) is 29.8 Å². The molecule has 25 heavy (non-hydrogen) atoms. The third kappa shape index (κ3) is 4.23. The molecule has 6 heteroatoms. The molecule has 2 fully saturated rings. The summed E-state index contributed by atoms with van der Waals surface area (Å²) in [4.78, 5) is 14.7. The van der Waals surface area contributed by atoms with Crippen molar-refractivity contribution in [2.45, 2.75) is 49.8 Å². The van der Waals surface area contributed by atoms with Gasteiger partial charge in [-0.2, -0.15) is 4.31 Å². The normalized spacial score (nSPS) is 19.9. The van der Waals surface area contributed by atoms with Gasteiger partial charge in [0.15, 0.2) is 0 Å². The smallest absolute Gasteiger partial charge is 0.253 e. The minimum absolute atomic E-state index is 0.0948. The standard InChI is InChI=1S/C19H28N2O3S/c1-20(15-16-8-3-4-9-16)19(22)17-10-7-11-18(14-17)25(23,24)21-12-5-2-6-13-21/h7,10-11,14,16H,2-6,8-9,12-13,15H2,1H3. The van der Waals surface area contributed by atoms with Crippen LogP contribution in [-0.4, -0.2) is 50.2 Å². The summed E-state index contributed by atoms with van der Waals surface area (Å²) in [7, 11) is -1.69. The van der Waals surface area contributed by atoms with Crippen LogP contribution in [-0.2, 0) is 10.0 Å². The number of carbonyl (C=O) groups excluding carboxylic acids is 1. The molecule has 1 saturated carbocycles. The van der Waals surface area contributed by atoms with Crippen LogP contribution in [0.2, 0.25) is 0 Å². The first-order valence-electron chi connectivity index (χ1n) is 9.34. The van der Waals surface area contributed by atoms with Crippen LogP contribution >= 0.6 is 0 Å². The molecule has 0 N–H and O–H groups in total. The van der Waals surface area contributed by atoms with Gasteiger partial charge in [-0.3, -0.25) is 4.79 Å². The second-order valence-electron chi connectivity index (χ2n) is 7.33. The molecular formula is C19H28N2O3S. The lowest BCUT2D eigenvalue weighted by Gasteiger charge is -2.26. The molecule has 1 aromatic carbocycles. The number of benzene rings is 1. The predicted octanol–water partition coefficient (Wildman–Crippen LogP) is 3.12. The van der Waals surface area contributed by atoms with Crippen molar-refractivity contribution in [1.82, 2.24) is 9.21 Å². The minimum atomic E-state index is -3.50. The van der Waals surface area contributed by atoms with E-state index >= 15 is 0 Å². The van der Waals surface area contributed by atoms with Crippen LogP contribution in [0.25, 0.3) is 0 Å². The first-order chi connectivity index (χ1) is 12.0. The van der Waals surface area contributed by atoms with Crippen molar-refractivity contribution in [1.29, 1.82) is 0 Å². The maximum Gasteiger partial charge on any atom is 0.253 e. The number of sulfonamides is 1. The Hall–Kier alpha value is -1.40. The number of rotatable bonds is 5. The lowest BCUT2D eigenvalue weighted by atomic mass is 10.1. The van der Waals surface area contributed by atoms with Gasteiger partial charge in [0.2, 0.25) is 10.0 Å². The van der Waals surface area contributed by atoms with Crippen molar-refractivity contribution in [3.8, 4) is 0 Å². The van der Waals surface area contributed by atoms with Gasteiger partial charge in [-0.25, -0.2) is 8.42 Å². The Morgan fingerprint density at radius 2 is 1.80 bits per heavy atom. The van der Waals surface area contributed by atoms with Crippen molar-refractivity contribution in [3.63, 3.8) is 0 Å². The molecule has 0 aromatic heterocycles. The highest BCUT2D eigenvalue weighted by Crippen LogP contribution is 2.26. The fraction of sp³-hybridized carbons (Fsp3) is 0.632. The Morgan fingerprint density at radius 3 is 2.48 bits per heavy atom. The zero-order chi connectivity index (χ0) is 17.9. The summed E-state index contributed by atoms with van der Waals surface area (Å²) in [5.41, 5.74) is 0.457. The quantitative estimate of drug-likeness (QED) is 0.806. The Balaban J connectivity index is 1.74. The molecule has 1 heterocycles. The van der Waals surface area contributed by atoms with E-state index in [4.69, 9.17) is 0 Å².